The highest BCUT2D eigenvalue weighted by molar-refractivity contribution is 7.15. The fraction of sp³-hybridized carbons (Fsp3) is 0.500. The molecular formula is C16H22N4O2S. The fourth-order valence-electron chi connectivity index (χ4n) is 2.73. The summed E-state index contributed by atoms with van der Waals surface area (Å²) in [4.78, 5) is 12.5. The SMILES string of the molecule is COc1ccc2c(n1)CCN(Cc1cnc(NC(C)O)s1)CC2. The molecule has 1 atom stereocenters. The molecule has 0 saturated carbocycles. The molecule has 0 aromatic carbocycles. The van der Waals surface area contributed by atoms with E-state index >= 15 is 0 Å². The van der Waals surface area contributed by atoms with Crippen LogP contribution >= 0.6 is 11.3 Å². The zero-order valence-corrected chi connectivity index (χ0v) is 14.3. The molecule has 0 bridgehead atoms. The lowest BCUT2D eigenvalue weighted by molar-refractivity contribution is 0.224. The normalized spacial score (nSPS) is 16.5. The number of hydrogen-bond donors (Lipinski definition) is 2. The van der Waals surface area contributed by atoms with Crippen LogP contribution in [0.25, 0.3) is 0 Å². The molecule has 2 N–H and O–H groups in total. The van der Waals surface area contributed by atoms with E-state index in [-0.39, 0.29) is 0 Å². The van der Waals surface area contributed by atoms with E-state index in [1.807, 2.05) is 12.3 Å². The highest BCUT2D eigenvalue weighted by Crippen LogP contribution is 2.23. The third-order valence-electron chi connectivity index (χ3n) is 3.88. The van der Waals surface area contributed by atoms with E-state index in [0.717, 1.165) is 43.3 Å². The summed E-state index contributed by atoms with van der Waals surface area (Å²) >= 11 is 1.59. The first kappa shape index (κ1) is 16.2. The van der Waals surface area contributed by atoms with Gasteiger partial charge in [-0.25, -0.2) is 9.97 Å². The molecule has 7 heteroatoms. The third kappa shape index (κ3) is 4.19. The standard InChI is InChI=1S/C16H22N4O2S/c1-11(21)18-16-17-9-13(23-16)10-20-7-5-12-3-4-15(22-2)19-14(12)6-8-20/h3-4,9,11,21H,5-8,10H2,1-2H3,(H,17,18). The van der Waals surface area contributed by atoms with Crippen molar-refractivity contribution >= 4 is 16.5 Å². The minimum absolute atomic E-state index is 0.581. The lowest BCUT2D eigenvalue weighted by Crippen LogP contribution is -2.25. The van der Waals surface area contributed by atoms with Crippen LogP contribution in [0.3, 0.4) is 0 Å². The van der Waals surface area contributed by atoms with Crippen molar-refractivity contribution in [1.29, 1.82) is 0 Å². The minimum atomic E-state index is -0.581. The van der Waals surface area contributed by atoms with E-state index < -0.39 is 6.23 Å². The van der Waals surface area contributed by atoms with Crippen LogP contribution < -0.4 is 10.1 Å². The molecule has 2 aromatic heterocycles. The number of nitrogens with one attached hydrogen (secondary N) is 1. The Morgan fingerprint density at radius 2 is 2.22 bits per heavy atom. The topological polar surface area (TPSA) is 70.5 Å². The molecule has 3 rings (SSSR count). The van der Waals surface area contributed by atoms with Gasteiger partial charge in [0.2, 0.25) is 5.88 Å². The average molecular weight is 334 g/mol. The molecule has 0 aliphatic carbocycles. The largest absolute Gasteiger partial charge is 0.481 e. The van der Waals surface area contributed by atoms with Crippen LogP contribution in [0.1, 0.15) is 23.1 Å². The molecule has 0 spiro atoms. The van der Waals surface area contributed by atoms with Crippen molar-refractivity contribution in [3.8, 4) is 5.88 Å². The summed E-state index contributed by atoms with van der Waals surface area (Å²) in [5.41, 5.74) is 2.46. The van der Waals surface area contributed by atoms with Gasteiger partial charge < -0.3 is 15.2 Å². The summed E-state index contributed by atoms with van der Waals surface area (Å²) in [6, 6.07) is 4.06. The van der Waals surface area contributed by atoms with Gasteiger partial charge in [0, 0.05) is 48.9 Å². The van der Waals surface area contributed by atoms with Crippen molar-refractivity contribution in [2.24, 2.45) is 0 Å². The van der Waals surface area contributed by atoms with Gasteiger partial charge in [0.1, 0.15) is 6.23 Å². The summed E-state index contributed by atoms with van der Waals surface area (Å²) < 4.78 is 5.22. The van der Waals surface area contributed by atoms with Crippen LogP contribution in [0.5, 0.6) is 5.88 Å². The molecular weight excluding hydrogens is 312 g/mol. The van der Waals surface area contributed by atoms with Crippen molar-refractivity contribution in [2.75, 3.05) is 25.5 Å². The van der Waals surface area contributed by atoms with Gasteiger partial charge in [0.15, 0.2) is 5.13 Å². The van der Waals surface area contributed by atoms with E-state index in [4.69, 9.17) is 4.74 Å². The van der Waals surface area contributed by atoms with Gasteiger partial charge in [-0.15, -0.1) is 11.3 Å². The molecule has 0 radical (unpaired) electrons. The molecule has 0 amide bonds. The van der Waals surface area contributed by atoms with Crippen molar-refractivity contribution < 1.29 is 9.84 Å². The highest BCUT2D eigenvalue weighted by Gasteiger charge is 2.17. The monoisotopic (exact) mass is 334 g/mol. The van der Waals surface area contributed by atoms with E-state index in [0.29, 0.717) is 5.88 Å². The molecule has 2 aromatic rings. The van der Waals surface area contributed by atoms with Gasteiger partial charge in [-0.2, -0.15) is 0 Å². The first-order valence-corrected chi connectivity index (χ1v) is 8.60. The number of rotatable bonds is 5. The second-order valence-electron chi connectivity index (χ2n) is 5.69. The van der Waals surface area contributed by atoms with Crippen molar-refractivity contribution in [3.63, 3.8) is 0 Å². The van der Waals surface area contributed by atoms with Crippen LogP contribution in [0.2, 0.25) is 0 Å². The Hall–Kier alpha value is -1.70. The molecule has 23 heavy (non-hydrogen) atoms. The Bertz CT molecular complexity index is 659. The third-order valence-corrected chi connectivity index (χ3v) is 4.79. The van der Waals surface area contributed by atoms with Gasteiger partial charge in [-0.1, -0.05) is 6.07 Å². The van der Waals surface area contributed by atoms with Crippen LogP contribution in [0, 0.1) is 0 Å². The summed E-state index contributed by atoms with van der Waals surface area (Å²) in [7, 11) is 1.65. The van der Waals surface area contributed by atoms with Gasteiger partial charge >= 0.3 is 0 Å². The number of aliphatic hydroxyl groups excluding tert-OH is 1. The molecule has 1 aliphatic rings. The molecule has 1 aliphatic heterocycles. The molecule has 0 fully saturated rings. The quantitative estimate of drug-likeness (QED) is 0.814. The van der Waals surface area contributed by atoms with Gasteiger partial charge in [0.25, 0.3) is 0 Å². The molecule has 3 heterocycles. The predicted molar refractivity (Wildman–Crippen MR) is 90.9 cm³/mol. The second-order valence-corrected chi connectivity index (χ2v) is 6.80. The van der Waals surface area contributed by atoms with Crippen molar-refractivity contribution in [3.05, 3.63) is 34.5 Å². The van der Waals surface area contributed by atoms with Crippen LogP contribution in [-0.4, -0.2) is 46.4 Å². The van der Waals surface area contributed by atoms with Crippen LogP contribution in [0.15, 0.2) is 18.3 Å². The Labute approximate surface area is 140 Å². The molecule has 124 valence electrons. The number of hydrogen-bond acceptors (Lipinski definition) is 7. The molecule has 1 unspecified atom stereocenters. The number of ether oxygens (including phenoxy) is 1. The van der Waals surface area contributed by atoms with E-state index in [1.54, 1.807) is 25.4 Å². The predicted octanol–water partition coefficient (Wildman–Crippen LogP) is 1.90. The highest BCUT2D eigenvalue weighted by atomic mass is 32.1. The van der Waals surface area contributed by atoms with Crippen LogP contribution in [0.4, 0.5) is 5.13 Å². The number of anilines is 1. The maximum absolute atomic E-state index is 9.34. The molecule has 6 nitrogen and oxygen atoms in total. The zero-order valence-electron chi connectivity index (χ0n) is 13.5. The Morgan fingerprint density at radius 3 is 3.00 bits per heavy atom. The van der Waals surface area contributed by atoms with Gasteiger partial charge in [-0.3, -0.25) is 4.90 Å². The number of pyridine rings is 1. The number of methoxy groups -OCH3 is 1. The lowest BCUT2D eigenvalue weighted by Gasteiger charge is -2.18. The van der Waals surface area contributed by atoms with Crippen molar-refractivity contribution in [1.82, 2.24) is 14.9 Å². The number of aliphatic hydroxyl groups is 1. The maximum Gasteiger partial charge on any atom is 0.213 e. The number of nitrogens with zero attached hydrogens (tertiary/aromatic N) is 3. The summed E-state index contributed by atoms with van der Waals surface area (Å²) in [6.07, 6.45) is 3.24. The zero-order chi connectivity index (χ0) is 16.2. The Morgan fingerprint density at radius 1 is 1.39 bits per heavy atom. The smallest absolute Gasteiger partial charge is 0.213 e. The van der Waals surface area contributed by atoms with E-state index in [9.17, 15) is 5.11 Å². The first-order valence-electron chi connectivity index (χ1n) is 7.78. The minimum Gasteiger partial charge on any atom is -0.481 e. The number of thiazole rings is 1. The summed E-state index contributed by atoms with van der Waals surface area (Å²) in [5, 5.41) is 13.0. The fourth-order valence-corrected chi connectivity index (χ4v) is 3.66. The maximum atomic E-state index is 9.34. The second kappa shape index (κ2) is 7.25. The number of fused-ring (bicyclic) bond motifs is 1. The Balaban J connectivity index is 1.62. The molecule has 0 saturated heterocycles. The average Bonchev–Trinajstić information content (AvgIpc) is 2.86. The van der Waals surface area contributed by atoms with E-state index in [1.165, 1.54) is 10.4 Å². The van der Waals surface area contributed by atoms with Gasteiger partial charge in [0.05, 0.1) is 7.11 Å². The summed E-state index contributed by atoms with van der Waals surface area (Å²) in [5.74, 6) is 0.688. The van der Waals surface area contributed by atoms with Crippen molar-refractivity contribution in [2.45, 2.75) is 32.5 Å². The summed E-state index contributed by atoms with van der Waals surface area (Å²) in [6.45, 7) is 4.56. The van der Waals surface area contributed by atoms with Gasteiger partial charge in [-0.05, 0) is 18.9 Å². The first-order chi connectivity index (χ1) is 11.1. The van der Waals surface area contributed by atoms with E-state index in [2.05, 4.69) is 26.3 Å². The Kier molecular flexibility index (Phi) is 5.09. The lowest BCUT2D eigenvalue weighted by atomic mass is 10.1. The van der Waals surface area contributed by atoms with Crippen LogP contribution in [-0.2, 0) is 19.4 Å². The number of aromatic nitrogens is 2.